The van der Waals surface area contributed by atoms with E-state index in [4.69, 9.17) is 19.9 Å². The second-order valence-electron chi connectivity index (χ2n) is 3.53. The number of benzene rings is 1. The number of methoxy groups -OCH3 is 1. The monoisotopic (exact) mass is 223 g/mol. The van der Waals surface area contributed by atoms with E-state index in [1.54, 1.807) is 19.1 Å². The van der Waals surface area contributed by atoms with Crippen molar-refractivity contribution in [2.45, 2.75) is 13.0 Å². The van der Waals surface area contributed by atoms with E-state index < -0.39 is 6.04 Å². The molecule has 0 spiro atoms. The van der Waals surface area contributed by atoms with Gasteiger partial charge in [-0.3, -0.25) is 4.79 Å². The van der Waals surface area contributed by atoms with Crippen molar-refractivity contribution in [2.75, 3.05) is 13.9 Å². The number of hydrogen-bond acceptors (Lipinski definition) is 5. The number of nitrogens with two attached hydrogens (primary N) is 1. The first-order chi connectivity index (χ1) is 7.65. The van der Waals surface area contributed by atoms with Gasteiger partial charge >= 0.3 is 0 Å². The summed E-state index contributed by atoms with van der Waals surface area (Å²) in [5.41, 5.74) is 5.98. The first-order valence-corrected chi connectivity index (χ1v) is 4.91. The van der Waals surface area contributed by atoms with Crippen LogP contribution in [0.4, 0.5) is 0 Å². The highest BCUT2D eigenvalue weighted by Gasteiger charge is 2.25. The highest BCUT2D eigenvalue weighted by molar-refractivity contribution is 6.03. The van der Waals surface area contributed by atoms with Crippen LogP contribution in [-0.4, -0.2) is 25.7 Å². The van der Waals surface area contributed by atoms with Crippen molar-refractivity contribution in [1.29, 1.82) is 0 Å². The van der Waals surface area contributed by atoms with Gasteiger partial charge in [-0.1, -0.05) is 0 Å². The number of hydrogen-bond donors (Lipinski definition) is 1. The molecule has 86 valence electrons. The number of rotatable bonds is 3. The highest BCUT2D eigenvalue weighted by atomic mass is 16.7. The van der Waals surface area contributed by atoms with Gasteiger partial charge < -0.3 is 19.9 Å². The van der Waals surface area contributed by atoms with Gasteiger partial charge in [-0.05, 0) is 19.1 Å². The van der Waals surface area contributed by atoms with Crippen LogP contribution in [0.3, 0.4) is 0 Å². The second kappa shape index (κ2) is 4.02. The van der Waals surface area contributed by atoms with E-state index in [2.05, 4.69) is 0 Å². The van der Waals surface area contributed by atoms with Crippen LogP contribution in [0.5, 0.6) is 17.2 Å². The lowest BCUT2D eigenvalue weighted by molar-refractivity contribution is 0.0964. The minimum Gasteiger partial charge on any atom is -0.492 e. The van der Waals surface area contributed by atoms with Gasteiger partial charge in [-0.2, -0.15) is 0 Å². The van der Waals surface area contributed by atoms with Crippen molar-refractivity contribution >= 4 is 5.78 Å². The van der Waals surface area contributed by atoms with Crippen LogP contribution in [0.25, 0.3) is 0 Å². The third kappa shape index (κ3) is 1.59. The van der Waals surface area contributed by atoms with Crippen molar-refractivity contribution in [2.24, 2.45) is 5.73 Å². The van der Waals surface area contributed by atoms with Crippen LogP contribution in [0.2, 0.25) is 0 Å². The van der Waals surface area contributed by atoms with E-state index in [-0.39, 0.29) is 12.6 Å². The van der Waals surface area contributed by atoms with Gasteiger partial charge in [0, 0.05) is 0 Å². The Hall–Kier alpha value is -1.75. The lowest BCUT2D eigenvalue weighted by Gasteiger charge is -2.11. The fraction of sp³-hybridized carbons (Fsp3) is 0.364. The summed E-state index contributed by atoms with van der Waals surface area (Å²) in [6.45, 7) is 1.77. The predicted molar refractivity (Wildman–Crippen MR) is 57.1 cm³/mol. The number of carbonyl (C=O) groups is 1. The number of ether oxygens (including phenoxy) is 3. The van der Waals surface area contributed by atoms with E-state index in [9.17, 15) is 4.79 Å². The zero-order valence-electron chi connectivity index (χ0n) is 9.15. The van der Waals surface area contributed by atoms with Crippen molar-refractivity contribution < 1.29 is 19.0 Å². The van der Waals surface area contributed by atoms with Crippen molar-refractivity contribution in [3.05, 3.63) is 17.7 Å². The quantitative estimate of drug-likeness (QED) is 0.772. The van der Waals surface area contributed by atoms with Crippen molar-refractivity contribution in [3.8, 4) is 17.2 Å². The Morgan fingerprint density at radius 1 is 1.50 bits per heavy atom. The number of ketones is 1. The summed E-state index contributed by atoms with van der Waals surface area (Å²) >= 11 is 0. The first kappa shape index (κ1) is 10.8. The van der Waals surface area contributed by atoms with Crippen LogP contribution in [0.1, 0.15) is 17.3 Å². The predicted octanol–water partition coefficient (Wildman–Crippen LogP) is 0.954. The Bertz CT molecular complexity index is 428. The van der Waals surface area contributed by atoms with E-state index in [0.717, 1.165) is 0 Å². The Morgan fingerprint density at radius 2 is 2.25 bits per heavy atom. The smallest absolute Gasteiger partial charge is 0.231 e. The lowest BCUT2D eigenvalue weighted by atomic mass is 10.0. The maximum Gasteiger partial charge on any atom is 0.231 e. The molecule has 1 unspecified atom stereocenters. The molecule has 0 amide bonds. The van der Waals surface area contributed by atoms with Crippen molar-refractivity contribution in [3.63, 3.8) is 0 Å². The normalized spacial score (nSPS) is 14.7. The maximum absolute atomic E-state index is 11.8. The number of carbonyl (C=O) groups excluding carboxylic acids is 1. The Labute approximate surface area is 93.1 Å². The summed E-state index contributed by atoms with van der Waals surface area (Å²) in [5, 5.41) is 0. The zero-order valence-corrected chi connectivity index (χ0v) is 9.15. The molecule has 0 saturated carbocycles. The largest absolute Gasteiger partial charge is 0.492 e. The maximum atomic E-state index is 11.8. The van der Waals surface area contributed by atoms with Gasteiger partial charge in [-0.15, -0.1) is 0 Å². The summed E-state index contributed by atoms with van der Waals surface area (Å²) in [4.78, 5) is 11.8. The number of Topliss-reactive ketones (excluding diaryl/α,β-unsaturated/α-hetero) is 1. The lowest BCUT2D eigenvalue weighted by Crippen LogP contribution is -2.27. The molecule has 2 N–H and O–H groups in total. The van der Waals surface area contributed by atoms with Crippen LogP contribution in [-0.2, 0) is 0 Å². The molecular weight excluding hydrogens is 210 g/mol. The first-order valence-electron chi connectivity index (χ1n) is 4.91. The van der Waals surface area contributed by atoms with Gasteiger partial charge in [0.25, 0.3) is 0 Å². The minimum atomic E-state index is -0.575. The molecule has 0 radical (unpaired) electrons. The Kier molecular flexibility index (Phi) is 2.70. The third-order valence-electron chi connectivity index (χ3n) is 2.38. The van der Waals surface area contributed by atoms with E-state index in [0.29, 0.717) is 22.8 Å². The summed E-state index contributed by atoms with van der Waals surface area (Å²) < 4.78 is 15.6. The molecule has 0 aliphatic carbocycles. The minimum absolute atomic E-state index is 0.140. The van der Waals surface area contributed by atoms with Gasteiger partial charge in [0.2, 0.25) is 12.5 Å². The van der Waals surface area contributed by atoms with E-state index >= 15 is 0 Å². The molecular formula is C11H13NO4. The van der Waals surface area contributed by atoms with E-state index in [1.807, 2.05) is 0 Å². The molecule has 16 heavy (non-hydrogen) atoms. The third-order valence-corrected chi connectivity index (χ3v) is 2.38. The zero-order chi connectivity index (χ0) is 11.7. The Balaban J connectivity index is 2.51. The van der Waals surface area contributed by atoms with Gasteiger partial charge in [0.15, 0.2) is 17.3 Å². The summed E-state index contributed by atoms with van der Waals surface area (Å²) in [6.07, 6.45) is 0. The topological polar surface area (TPSA) is 70.8 Å². The molecule has 0 bridgehead atoms. The molecule has 1 heterocycles. The number of fused-ring (bicyclic) bond motifs is 1. The molecule has 1 aromatic rings. The summed E-state index contributed by atoms with van der Waals surface area (Å²) in [7, 11) is 1.48. The van der Waals surface area contributed by atoms with Gasteiger partial charge in [-0.25, -0.2) is 0 Å². The molecule has 1 aromatic carbocycles. The van der Waals surface area contributed by atoms with Crippen LogP contribution in [0.15, 0.2) is 12.1 Å². The standard InChI is InChI=1S/C11H13NO4/c1-6(12)9(13)7-3-4-8-11(10(7)14-2)16-5-15-8/h3-4,6H,5,12H2,1-2H3. The molecule has 1 atom stereocenters. The van der Waals surface area contributed by atoms with Crippen LogP contribution < -0.4 is 19.9 Å². The van der Waals surface area contributed by atoms with E-state index in [1.165, 1.54) is 7.11 Å². The average Bonchev–Trinajstić information content (AvgIpc) is 2.74. The summed E-state index contributed by atoms with van der Waals surface area (Å²) in [5.74, 6) is 1.25. The van der Waals surface area contributed by atoms with Gasteiger partial charge in [0.1, 0.15) is 0 Å². The fourth-order valence-corrected chi connectivity index (χ4v) is 1.59. The molecule has 1 aliphatic rings. The Morgan fingerprint density at radius 3 is 2.88 bits per heavy atom. The van der Waals surface area contributed by atoms with Crippen LogP contribution in [0, 0.1) is 0 Å². The molecule has 1 aliphatic heterocycles. The average molecular weight is 223 g/mol. The highest BCUT2D eigenvalue weighted by Crippen LogP contribution is 2.43. The molecule has 5 nitrogen and oxygen atoms in total. The van der Waals surface area contributed by atoms with Crippen LogP contribution >= 0.6 is 0 Å². The molecule has 2 rings (SSSR count). The molecule has 0 saturated heterocycles. The SMILES string of the molecule is COc1c(C(=O)C(C)N)ccc2c1OCO2. The van der Waals surface area contributed by atoms with Gasteiger partial charge in [0.05, 0.1) is 18.7 Å². The fourth-order valence-electron chi connectivity index (χ4n) is 1.59. The molecule has 0 aromatic heterocycles. The summed E-state index contributed by atoms with van der Waals surface area (Å²) in [6, 6.07) is 2.74. The second-order valence-corrected chi connectivity index (χ2v) is 3.53. The molecule has 0 fully saturated rings. The molecule has 5 heteroatoms. The van der Waals surface area contributed by atoms with Crippen molar-refractivity contribution in [1.82, 2.24) is 0 Å².